The summed E-state index contributed by atoms with van der Waals surface area (Å²) < 4.78 is 30.6. The maximum Gasteiger partial charge on any atom is 0.155 e. The maximum atomic E-state index is 11.9. The molecule has 0 aliphatic rings. The van der Waals surface area contributed by atoms with Crippen LogP contribution in [-0.2, 0) is 16.9 Å². The van der Waals surface area contributed by atoms with Gasteiger partial charge in [0.15, 0.2) is 9.84 Å². The van der Waals surface area contributed by atoms with E-state index in [9.17, 15) is 8.42 Å². The molecule has 1 heterocycles. The number of nitrogen functional groups attached to an aromatic ring is 1. The summed E-state index contributed by atoms with van der Waals surface area (Å²) in [4.78, 5) is 0. The molecule has 7 heteroatoms. The molecule has 0 amide bonds. The SMILES string of the molecule is COc1ccccc1-c1c(C(C)S(C)(=O)=O)nn(C)c1N. The van der Waals surface area contributed by atoms with Gasteiger partial charge >= 0.3 is 0 Å². The predicted octanol–water partition coefficient (Wildman–Crippen LogP) is 1.78. The van der Waals surface area contributed by atoms with Gasteiger partial charge in [-0.1, -0.05) is 18.2 Å². The van der Waals surface area contributed by atoms with Crippen LogP contribution >= 0.6 is 0 Å². The molecule has 0 radical (unpaired) electrons. The number of aromatic nitrogens is 2. The van der Waals surface area contributed by atoms with Gasteiger partial charge in [0, 0.05) is 18.9 Å². The van der Waals surface area contributed by atoms with E-state index in [1.54, 1.807) is 27.1 Å². The monoisotopic (exact) mass is 309 g/mol. The van der Waals surface area contributed by atoms with E-state index in [1.807, 2.05) is 18.2 Å². The van der Waals surface area contributed by atoms with Crippen molar-refractivity contribution in [3.8, 4) is 16.9 Å². The van der Waals surface area contributed by atoms with E-state index in [0.29, 0.717) is 22.8 Å². The third kappa shape index (κ3) is 2.73. The van der Waals surface area contributed by atoms with Crippen LogP contribution in [0.25, 0.3) is 11.1 Å². The Morgan fingerprint density at radius 2 is 1.95 bits per heavy atom. The zero-order chi connectivity index (χ0) is 15.8. The minimum Gasteiger partial charge on any atom is -0.496 e. The molecule has 0 saturated carbocycles. The van der Waals surface area contributed by atoms with Crippen molar-refractivity contribution in [2.45, 2.75) is 12.2 Å². The number of para-hydroxylation sites is 1. The smallest absolute Gasteiger partial charge is 0.155 e. The lowest BCUT2D eigenvalue weighted by Gasteiger charge is -2.12. The number of sulfone groups is 1. The van der Waals surface area contributed by atoms with Gasteiger partial charge in [0.05, 0.1) is 18.4 Å². The standard InChI is InChI=1S/C14H19N3O3S/c1-9(21(4,18)19)13-12(14(15)17(2)16-13)10-7-5-6-8-11(10)20-3/h5-9H,15H2,1-4H3. The Labute approximate surface area is 124 Å². The first-order valence-corrected chi connectivity index (χ1v) is 8.37. The lowest BCUT2D eigenvalue weighted by Crippen LogP contribution is -2.09. The van der Waals surface area contributed by atoms with Gasteiger partial charge in [-0.15, -0.1) is 0 Å². The van der Waals surface area contributed by atoms with Crippen molar-refractivity contribution in [3.63, 3.8) is 0 Å². The number of anilines is 1. The van der Waals surface area contributed by atoms with E-state index < -0.39 is 15.1 Å². The molecule has 2 N–H and O–H groups in total. The Balaban J connectivity index is 2.75. The Hall–Kier alpha value is -2.02. The highest BCUT2D eigenvalue weighted by molar-refractivity contribution is 7.90. The Morgan fingerprint density at radius 3 is 2.52 bits per heavy atom. The van der Waals surface area contributed by atoms with Crippen LogP contribution in [0, 0.1) is 0 Å². The van der Waals surface area contributed by atoms with Crippen LogP contribution in [-0.4, -0.2) is 31.6 Å². The number of ether oxygens (including phenoxy) is 1. The summed E-state index contributed by atoms with van der Waals surface area (Å²) in [6.45, 7) is 1.61. The molecule has 21 heavy (non-hydrogen) atoms. The molecular formula is C14H19N3O3S. The van der Waals surface area contributed by atoms with E-state index in [1.165, 1.54) is 10.9 Å². The molecule has 1 unspecified atom stereocenters. The lowest BCUT2D eigenvalue weighted by molar-refractivity contribution is 0.416. The van der Waals surface area contributed by atoms with Gasteiger partial charge in [0.25, 0.3) is 0 Å². The van der Waals surface area contributed by atoms with Gasteiger partial charge in [-0.3, -0.25) is 4.68 Å². The third-order valence-corrected chi connectivity index (χ3v) is 5.03. The number of hydrogen-bond donors (Lipinski definition) is 1. The maximum absolute atomic E-state index is 11.9. The molecule has 0 spiro atoms. The average molecular weight is 309 g/mol. The summed E-state index contributed by atoms with van der Waals surface area (Å²) in [5.41, 5.74) is 7.86. The van der Waals surface area contributed by atoms with Gasteiger partial charge in [-0.05, 0) is 13.0 Å². The molecular weight excluding hydrogens is 290 g/mol. The summed E-state index contributed by atoms with van der Waals surface area (Å²) in [5.74, 6) is 1.03. The minimum atomic E-state index is -3.28. The van der Waals surface area contributed by atoms with Gasteiger partial charge in [0.2, 0.25) is 0 Å². The van der Waals surface area contributed by atoms with Crippen LogP contribution in [0.3, 0.4) is 0 Å². The Morgan fingerprint density at radius 1 is 1.33 bits per heavy atom. The van der Waals surface area contributed by atoms with Crippen molar-refractivity contribution in [1.82, 2.24) is 9.78 Å². The highest BCUT2D eigenvalue weighted by atomic mass is 32.2. The van der Waals surface area contributed by atoms with E-state index in [-0.39, 0.29) is 0 Å². The number of nitrogens with zero attached hydrogens (tertiary/aromatic N) is 2. The van der Waals surface area contributed by atoms with Gasteiger partial charge < -0.3 is 10.5 Å². The second-order valence-corrected chi connectivity index (χ2v) is 7.31. The van der Waals surface area contributed by atoms with E-state index in [2.05, 4.69) is 5.10 Å². The van der Waals surface area contributed by atoms with E-state index >= 15 is 0 Å². The molecule has 2 aromatic rings. The fourth-order valence-electron chi connectivity index (χ4n) is 2.17. The van der Waals surface area contributed by atoms with Crippen molar-refractivity contribution >= 4 is 15.7 Å². The number of hydrogen-bond acceptors (Lipinski definition) is 5. The van der Waals surface area contributed by atoms with Crippen LogP contribution in [0.4, 0.5) is 5.82 Å². The number of nitrogens with two attached hydrogens (primary N) is 1. The van der Waals surface area contributed by atoms with Crippen molar-refractivity contribution in [1.29, 1.82) is 0 Å². The van der Waals surface area contributed by atoms with Crippen LogP contribution in [0.1, 0.15) is 17.9 Å². The molecule has 0 bridgehead atoms. The van der Waals surface area contributed by atoms with Crippen LogP contribution in [0.15, 0.2) is 24.3 Å². The molecule has 1 aromatic heterocycles. The van der Waals surface area contributed by atoms with Crippen molar-refractivity contribution in [2.75, 3.05) is 19.1 Å². The summed E-state index contributed by atoms with van der Waals surface area (Å²) in [6, 6.07) is 7.33. The quantitative estimate of drug-likeness (QED) is 0.930. The number of aryl methyl sites for hydroxylation is 1. The molecule has 0 fully saturated rings. The zero-order valence-corrected chi connectivity index (χ0v) is 13.3. The fraction of sp³-hybridized carbons (Fsp3) is 0.357. The first-order valence-electron chi connectivity index (χ1n) is 6.42. The Bertz CT molecular complexity index is 766. The number of methoxy groups -OCH3 is 1. The lowest BCUT2D eigenvalue weighted by atomic mass is 10.0. The first-order chi connectivity index (χ1) is 9.77. The first kappa shape index (κ1) is 15.4. The molecule has 6 nitrogen and oxygen atoms in total. The molecule has 0 aliphatic heterocycles. The number of benzene rings is 1. The normalized spacial score (nSPS) is 13.1. The summed E-state index contributed by atoms with van der Waals surface area (Å²) in [6.07, 6.45) is 1.19. The molecule has 1 aromatic carbocycles. The average Bonchev–Trinajstić information content (AvgIpc) is 2.72. The fourth-order valence-corrected chi connectivity index (χ4v) is 2.74. The Kier molecular flexibility index (Phi) is 3.95. The van der Waals surface area contributed by atoms with E-state index in [4.69, 9.17) is 10.5 Å². The molecule has 0 aliphatic carbocycles. The number of rotatable bonds is 4. The second-order valence-electron chi connectivity index (χ2n) is 4.94. The summed E-state index contributed by atoms with van der Waals surface area (Å²) >= 11 is 0. The minimum absolute atomic E-state index is 0.407. The van der Waals surface area contributed by atoms with Crippen molar-refractivity contribution in [2.24, 2.45) is 7.05 Å². The van der Waals surface area contributed by atoms with Gasteiger partial charge in [-0.25, -0.2) is 8.42 Å². The third-order valence-electron chi connectivity index (χ3n) is 3.52. The molecule has 1 atom stereocenters. The largest absolute Gasteiger partial charge is 0.496 e. The highest BCUT2D eigenvalue weighted by Gasteiger charge is 2.28. The van der Waals surface area contributed by atoms with Gasteiger partial charge in [-0.2, -0.15) is 5.10 Å². The molecule has 114 valence electrons. The summed E-state index contributed by atoms with van der Waals surface area (Å²) in [5, 5.41) is 3.54. The van der Waals surface area contributed by atoms with Gasteiger partial charge in [0.1, 0.15) is 16.8 Å². The predicted molar refractivity (Wildman–Crippen MR) is 82.9 cm³/mol. The molecule has 2 rings (SSSR count). The highest BCUT2D eigenvalue weighted by Crippen LogP contribution is 2.39. The van der Waals surface area contributed by atoms with Crippen molar-refractivity contribution in [3.05, 3.63) is 30.0 Å². The van der Waals surface area contributed by atoms with Crippen LogP contribution < -0.4 is 10.5 Å². The van der Waals surface area contributed by atoms with Crippen molar-refractivity contribution < 1.29 is 13.2 Å². The second kappa shape index (κ2) is 5.40. The van der Waals surface area contributed by atoms with E-state index in [0.717, 1.165) is 5.56 Å². The topological polar surface area (TPSA) is 87.2 Å². The molecule has 0 saturated heterocycles. The van der Waals surface area contributed by atoms with Crippen LogP contribution in [0.5, 0.6) is 5.75 Å². The summed E-state index contributed by atoms with van der Waals surface area (Å²) in [7, 11) is -0.0338. The zero-order valence-electron chi connectivity index (χ0n) is 12.5. The van der Waals surface area contributed by atoms with Crippen LogP contribution in [0.2, 0.25) is 0 Å².